The van der Waals surface area contributed by atoms with Gasteiger partial charge in [0.15, 0.2) is 17.5 Å². The molecule has 0 N–H and O–H groups in total. The molecule has 12 rings (SSSR count). The van der Waals surface area contributed by atoms with E-state index in [1.165, 1.54) is 22.3 Å². The molecule has 2 aliphatic rings. The Morgan fingerprint density at radius 3 is 2.02 bits per heavy atom. The lowest BCUT2D eigenvalue weighted by Gasteiger charge is -2.24. The second-order valence-corrected chi connectivity index (χ2v) is 15.0. The van der Waals surface area contributed by atoms with Crippen LogP contribution in [-0.2, 0) is 0 Å². The second-order valence-electron chi connectivity index (χ2n) is 15.0. The van der Waals surface area contributed by atoms with Crippen LogP contribution in [0.2, 0.25) is 0 Å². The molecule has 2 atom stereocenters. The van der Waals surface area contributed by atoms with Gasteiger partial charge in [-0.05, 0) is 74.1 Å². The Labute approximate surface area is 334 Å². The Balaban J connectivity index is 1.03. The number of nitrogens with zero attached hydrogens (tertiary/aromatic N) is 3. The van der Waals surface area contributed by atoms with Crippen molar-refractivity contribution in [2.75, 3.05) is 0 Å². The lowest BCUT2D eigenvalue weighted by atomic mass is 9.79. The minimum atomic E-state index is -0.0863. The molecule has 0 spiro atoms. The number of hydrogen-bond donors (Lipinski definition) is 0. The summed E-state index contributed by atoms with van der Waals surface area (Å²) in [5.41, 5.74) is 10.3. The molecule has 58 heavy (non-hydrogen) atoms. The largest absolute Gasteiger partial charge is 0.485 e. The molecule has 272 valence electrons. The average Bonchev–Trinajstić information content (AvgIpc) is 3.87. The van der Waals surface area contributed by atoms with Crippen molar-refractivity contribution in [2.24, 2.45) is 0 Å². The summed E-state index contributed by atoms with van der Waals surface area (Å²) in [4.78, 5) is 15.8. The van der Waals surface area contributed by atoms with Gasteiger partial charge in [-0.3, -0.25) is 0 Å². The van der Waals surface area contributed by atoms with E-state index < -0.39 is 0 Å². The topological polar surface area (TPSA) is 61.0 Å². The van der Waals surface area contributed by atoms with E-state index >= 15 is 0 Å². The molecule has 2 unspecified atom stereocenters. The molecule has 0 radical (unpaired) electrons. The lowest BCUT2D eigenvalue weighted by molar-refractivity contribution is 0.272. The molecular weight excluding hydrogens is 711 g/mol. The highest BCUT2D eigenvalue weighted by Gasteiger charge is 2.38. The fraction of sp³-hybridized carbons (Fsp3) is 0.0377. The molecule has 0 amide bonds. The van der Waals surface area contributed by atoms with Gasteiger partial charge in [-0.1, -0.05) is 158 Å². The van der Waals surface area contributed by atoms with Crippen molar-refractivity contribution in [1.29, 1.82) is 0 Å². The van der Waals surface area contributed by atoms with Crippen molar-refractivity contribution in [2.45, 2.75) is 12.0 Å². The maximum absolute atomic E-state index is 6.66. The Bertz CT molecular complexity index is 3340. The van der Waals surface area contributed by atoms with Gasteiger partial charge >= 0.3 is 0 Å². The van der Waals surface area contributed by atoms with Crippen molar-refractivity contribution in [1.82, 2.24) is 15.0 Å². The standard InChI is InChI=1S/C53H33N3O2/c1-2-12-32(13-3-1)35-28-29-43-48(31-35)58-46-24-10-20-40(49(43)46)38-18-8-19-39-37(38)17-9-21-41(39)52-54-51(36-27-26-33-14-4-5-15-34(33)30-36)55-53(56-52)44-22-11-25-47-50(44)42-16-6-7-23-45(42)57-47/h1-31,46,49H. The number of benzene rings is 8. The van der Waals surface area contributed by atoms with E-state index in [1.54, 1.807) is 0 Å². The Kier molecular flexibility index (Phi) is 7.29. The van der Waals surface area contributed by atoms with E-state index in [4.69, 9.17) is 24.1 Å². The highest BCUT2D eigenvalue weighted by Crippen LogP contribution is 2.50. The van der Waals surface area contributed by atoms with Crippen molar-refractivity contribution >= 4 is 49.1 Å². The third-order valence-corrected chi connectivity index (χ3v) is 11.7. The first-order chi connectivity index (χ1) is 28.7. The quantitative estimate of drug-likeness (QED) is 0.176. The number of para-hydroxylation sites is 1. The molecule has 1 aliphatic carbocycles. The summed E-state index contributed by atoms with van der Waals surface area (Å²) in [6.07, 6.45) is 6.48. The van der Waals surface area contributed by atoms with Gasteiger partial charge in [0.2, 0.25) is 0 Å². The zero-order valence-corrected chi connectivity index (χ0v) is 31.2. The molecule has 10 aromatic rings. The van der Waals surface area contributed by atoms with Gasteiger partial charge in [0.25, 0.3) is 0 Å². The molecule has 0 fully saturated rings. The molecule has 0 saturated carbocycles. The third-order valence-electron chi connectivity index (χ3n) is 11.7. The smallest absolute Gasteiger partial charge is 0.164 e. The van der Waals surface area contributed by atoms with Crippen LogP contribution in [0.15, 0.2) is 193 Å². The molecule has 5 nitrogen and oxygen atoms in total. The number of hydrogen-bond acceptors (Lipinski definition) is 5. The maximum Gasteiger partial charge on any atom is 0.164 e. The number of fused-ring (bicyclic) bond motifs is 8. The Morgan fingerprint density at radius 1 is 0.448 bits per heavy atom. The van der Waals surface area contributed by atoms with Crippen molar-refractivity contribution in [3.63, 3.8) is 0 Å². The minimum absolute atomic E-state index is 0.0626. The number of aromatic nitrogens is 3. The highest BCUT2D eigenvalue weighted by atomic mass is 16.5. The van der Waals surface area contributed by atoms with E-state index in [-0.39, 0.29) is 12.0 Å². The predicted octanol–water partition coefficient (Wildman–Crippen LogP) is 13.2. The molecule has 0 bridgehead atoms. The first-order valence-electron chi connectivity index (χ1n) is 19.7. The SMILES string of the molecule is C1=CC2Oc3cc(-c4ccccc4)ccc3C2C(c2cccc3c(-c4nc(-c5ccc6ccccc6c5)nc(-c5cccc6oc7ccccc7c56)n4)cccc23)=C1. The number of furan rings is 1. The average molecular weight is 744 g/mol. The monoisotopic (exact) mass is 743 g/mol. The van der Waals surface area contributed by atoms with E-state index in [0.717, 1.165) is 71.5 Å². The Morgan fingerprint density at radius 2 is 1.12 bits per heavy atom. The summed E-state index contributed by atoms with van der Waals surface area (Å²) < 4.78 is 13.0. The van der Waals surface area contributed by atoms with Gasteiger partial charge in [-0.15, -0.1) is 0 Å². The zero-order chi connectivity index (χ0) is 38.2. The summed E-state index contributed by atoms with van der Waals surface area (Å²) in [6.45, 7) is 0. The third kappa shape index (κ3) is 5.21. The summed E-state index contributed by atoms with van der Waals surface area (Å²) in [7, 11) is 0. The van der Waals surface area contributed by atoms with Crippen LogP contribution in [0.4, 0.5) is 0 Å². The molecule has 3 heterocycles. The molecule has 1 aliphatic heterocycles. The molecule has 0 saturated heterocycles. The molecule has 8 aromatic carbocycles. The molecular formula is C53H33N3O2. The normalized spacial score (nSPS) is 15.8. The van der Waals surface area contributed by atoms with E-state index in [9.17, 15) is 0 Å². The van der Waals surface area contributed by atoms with Gasteiger partial charge in [0.05, 0.1) is 5.92 Å². The summed E-state index contributed by atoms with van der Waals surface area (Å²) in [5.74, 6) is 2.82. The van der Waals surface area contributed by atoms with Crippen LogP contribution in [0.1, 0.15) is 17.0 Å². The van der Waals surface area contributed by atoms with Crippen LogP contribution in [0.3, 0.4) is 0 Å². The first kappa shape index (κ1) is 32.6. The van der Waals surface area contributed by atoms with E-state index in [1.807, 2.05) is 36.4 Å². The lowest BCUT2D eigenvalue weighted by Crippen LogP contribution is -2.19. The van der Waals surface area contributed by atoms with Crippen LogP contribution in [-0.4, -0.2) is 21.1 Å². The van der Waals surface area contributed by atoms with E-state index in [2.05, 4.69) is 152 Å². The second kappa shape index (κ2) is 13.0. The Hall–Kier alpha value is -7.63. The van der Waals surface area contributed by atoms with Crippen LogP contribution < -0.4 is 4.74 Å². The van der Waals surface area contributed by atoms with Crippen LogP contribution in [0.5, 0.6) is 5.75 Å². The van der Waals surface area contributed by atoms with Gasteiger partial charge in [0, 0.05) is 33.0 Å². The van der Waals surface area contributed by atoms with Crippen molar-refractivity contribution < 1.29 is 9.15 Å². The number of ether oxygens (including phenoxy) is 1. The minimum Gasteiger partial charge on any atom is -0.485 e. The zero-order valence-electron chi connectivity index (χ0n) is 31.2. The van der Waals surface area contributed by atoms with Gasteiger partial charge < -0.3 is 9.15 Å². The summed E-state index contributed by atoms with van der Waals surface area (Å²) in [6, 6.07) is 59.2. The summed E-state index contributed by atoms with van der Waals surface area (Å²) >= 11 is 0. The highest BCUT2D eigenvalue weighted by molar-refractivity contribution is 6.12. The number of allylic oxidation sites excluding steroid dienone is 2. The number of rotatable bonds is 5. The fourth-order valence-electron chi connectivity index (χ4n) is 9.01. The molecule has 2 aromatic heterocycles. The van der Waals surface area contributed by atoms with E-state index in [0.29, 0.717) is 17.5 Å². The van der Waals surface area contributed by atoms with Crippen molar-refractivity contribution in [3.8, 4) is 51.0 Å². The van der Waals surface area contributed by atoms with Crippen LogP contribution in [0.25, 0.3) is 94.3 Å². The van der Waals surface area contributed by atoms with Gasteiger partial charge in [-0.2, -0.15) is 0 Å². The van der Waals surface area contributed by atoms with Crippen LogP contribution >= 0.6 is 0 Å². The maximum atomic E-state index is 6.66. The van der Waals surface area contributed by atoms with Crippen molar-refractivity contribution in [3.05, 3.63) is 199 Å². The predicted molar refractivity (Wildman–Crippen MR) is 235 cm³/mol. The fourth-order valence-corrected chi connectivity index (χ4v) is 9.01. The first-order valence-corrected chi connectivity index (χ1v) is 19.7. The van der Waals surface area contributed by atoms with Gasteiger partial charge in [-0.25, -0.2) is 15.0 Å². The van der Waals surface area contributed by atoms with Gasteiger partial charge in [0.1, 0.15) is 23.0 Å². The van der Waals surface area contributed by atoms with Crippen LogP contribution in [0, 0.1) is 0 Å². The summed E-state index contributed by atoms with van der Waals surface area (Å²) in [5, 5.41) is 6.51. The molecule has 5 heteroatoms.